The molecule has 0 bridgehead atoms. The van der Waals surface area contributed by atoms with E-state index in [4.69, 9.17) is 5.26 Å². The zero-order valence-electron chi connectivity index (χ0n) is 9.76. The lowest BCUT2D eigenvalue weighted by molar-refractivity contribution is 0.548. The Labute approximate surface area is 99.7 Å². The van der Waals surface area contributed by atoms with E-state index in [0.29, 0.717) is 12.2 Å². The van der Waals surface area contributed by atoms with Crippen molar-refractivity contribution in [2.45, 2.75) is 38.0 Å². The summed E-state index contributed by atoms with van der Waals surface area (Å²) >= 11 is 0. The number of nitrogens with one attached hydrogen (secondary N) is 1. The third-order valence-electron chi connectivity index (χ3n) is 2.09. The van der Waals surface area contributed by atoms with E-state index in [0.717, 1.165) is 0 Å². The zero-order valence-corrected chi connectivity index (χ0v) is 11.4. The number of hydrogen-bond acceptors (Lipinski definition) is 4. The molecule has 7 heteroatoms. The molecule has 0 aromatic carbocycles. The summed E-state index contributed by atoms with van der Waals surface area (Å²) in [6.07, 6.45) is 2.34. The molecular formula is C9H18N2O3S2. The topological polar surface area (TPSA) is 87.0 Å². The molecular weight excluding hydrogens is 248 g/mol. The van der Waals surface area contributed by atoms with E-state index in [1.54, 1.807) is 26.2 Å². The third-order valence-corrected chi connectivity index (χ3v) is 4.82. The molecule has 0 radical (unpaired) electrons. The van der Waals surface area contributed by atoms with Gasteiger partial charge in [0.25, 0.3) is 0 Å². The summed E-state index contributed by atoms with van der Waals surface area (Å²) in [6, 6.07) is 1.46. The molecule has 16 heavy (non-hydrogen) atoms. The van der Waals surface area contributed by atoms with Crippen molar-refractivity contribution >= 4 is 20.8 Å². The first-order chi connectivity index (χ1) is 7.33. The summed E-state index contributed by atoms with van der Waals surface area (Å²) < 4.78 is 36.5. The fraction of sp³-hybridized carbons (Fsp3) is 0.889. The highest BCUT2D eigenvalue weighted by Gasteiger charge is 2.24. The minimum atomic E-state index is -3.58. The molecule has 0 aromatic heterocycles. The maximum atomic E-state index is 11.6. The Morgan fingerprint density at radius 1 is 1.50 bits per heavy atom. The largest absolute Gasteiger partial charge is 0.260 e. The van der Waals surface area contributed by atoms with Crippen LogP contribution in [0.25, 0.3) is 0 Å². The van der Waals surface area contributed by atoms with E-state index in [-0.39, 0.29) is 12.5 Å². The molecule has 0 aliphatic rings. The lowest BCUT2D eigenvalue weighted by Crippen LogP contribution is -2.39. The van der Waals surface area contributed by atoms with Crippen LogP contribution in [0.2, 0.25) is 0 Å². The Hall–Kier alpha value is -0.450. The van der Waals surface area contributed by atoms with Crippen LogP contribution in [0.5, 0.6) is 0 Å². The minimum Gasteiger partial charge on any atom is -0.260 e. The van der Waals surface area contributed by atoms with Gasteiger partial charge >= 0.3 is 0 Å². The van der Waals surface area contributed by atoms with Gasteiger partial charge in [0, 0.05) is 28.9 Å². The normalized spacial score (nSPS) is 17.4. The van der Waals surface area contributed by atoms with E-state index < -0.39 is 26.1 Å². The summed E-state index contributed by atoms with van der Waals surface area (Å²) in [5.41, 5.74) is 0. The molecule has 0 aromatic rings. The van der Waals surface area contributed by atoms with Crippen LogP contribution in [0.3, 0.4) is 0 Å². The second-order valence-corrected chi connectivity index (χ2v) is 7.11. The quantitative estimate of drug-likeness (QED) is 0.721. The van der Waals surface area contributed by atoms with Crippen LogP contribution in [0.1, 0.15) is 26.7 Å². The van der Waals surface area contributed by atoms with Crippen LogP contribution < -0.4 is 4.72 Å². The van der Waals surface area contributed by atoms with Crippen molar-refractivity contribution in [3.8, 4) is 6.07 Å². The van der Waals surface area contributed by atoms with Crippen LogP contribution in [0.15, 0.2) is 0 Å². The first-order valence-corrected chi connectivity index (χ1v) is 8.31. The van der Waals surface area contributed by atoms with E-state index >= 15 is 0 Å². The Kier molecular flexibility index (Phi) is 6.79. The summed E-state index contributed by atoms with van der Waals surface area (Å²) in [5.74, 6) is 0.451. The van der Waals surface area contributed by atoms with Crippen LogP contribution in [0.4, 0.5) is 0 Å². The van der Waals surface area contributed by atoms with Crippen molar-refractivity contribution in [2.75, 3.05) is 12.0 Å². The van der Waals surface area contributed by atoms with Gasteiger partial charge in [-0.1, -0.05) is 6.92 Å². The van der Waals surface area contributed by atoms with Crippen molar-refractivity contribution in [3.05, 3.63) is 0 Å². The lowest BCUT2D eigenvalue weighted by Gasteiger charge is -2.15. The standard InChI is InChI=1S/C9H18N2O3S2/c1-4-9(7-10)16(13,14)11-8(2)5-6-15(3)12/h8-9,11H,4-6H2,1-3H3. The van der Waals surface area contributed by atoms with Crippen LogP contribution in [-0.2, 0) is 20.8 Å². The Morgan fingerprint density at radius 3 is 2.44 bits per heavy atom. The molecule has 0 spiro atoms. The first kappa shape index (κ1) is 15.6. The third kappa shape index (κ3) is 5.58. The Bertz CT molecular complexity index is 373. The van der Waals surface area contributed by atoms with E-state index in [1.165, 1.54) is 0 Å². The molecule has 5 nitrogen and oxygen atoms in total. The average Bonchev–Trinajstić information content (AvgIpc) is 2.15. The van der Waals surface area contributed by atoms with Crippen molar-refractivity contribution in [1.82, 2.24) is 4.72 Å². The van der Waals surface area contributed by atoms with Gasteiger partial charge < -0.3 is 0 Å². The molecule has 1 N–H and O–H groups in total. The van der Waals surface area contributed by atoms with Crippen molar-refractivity contribution in [2.24, 2.45) is 0 Å². The minimum absolute atomic E-state index is 0.262. The number of sulfonamides is 1. The first-order valence-electron chi connectivity index (χ1n) is 5.04. The highest BCUT2D eigenvalue weighted by Crippen LogP contribution is 2.05. The van der Waals surface area contributed by atoms with E-state index in [1.807, 2.05) is 0 Å². The molecule has 0 amide bonds. The fourth-order valence-corrected chi connectivity index (χ4v) is 3.25. The van der Waals surface area contributed by atoms with Gasteiger partial charge in [0.05, 0.1) is 6.07 Å². The maximum absolute atomic E-state index is 11.6. The molecule has 0 fully saturated rings. The lowest BCUT2D eigenvalue weighted by atomic mass is 10.3. The van der Waals surface area contributed by atoms with Gasteiger partial charge in [-0.15, -0.1) is 0 Å². The maximum Gasteiger partial charge on any atom is 0.228 e. The van der Waals surface area contributed by atoms with Gasteiger partial charge in [0.15, 0.2) is 5.25 Å². The Morgan fingerprint density at radius 2 is 2.06 bits per heavy atom. The fourth-order valence-electron chi connectivity index (χ4n) is 1.14. The van der Waals surface area contributed by atoms with Gasteiger partial charge in [-0.05, 0) is 19.8 Å². The highest BCUT2D eigenvalue weighted by molar-refractivity contribution is 7.90. The molecule has 3 atom stereocenters. The molecule has 0 aliphatic carbocycles. The van der Waals surface area contributed by atoms with Crippen molar-refractivity contribution < 1.29 is 12.6 Å². The number of nitriles is 1. The van der Waals surface area contributed by atoms with Crippen LogP contribution >= 0.6 is 0 Å². The summed E-state index contributed by atoms with van der Waals surface area (Å²) in [7, 11) is -4.51. The number of hydrogen-bond donors (Lipinski definition) is 1. The monoisotopic (exact) mass is 266 g/mol. The molecule has 0 heterocycles. The van der Waals surface area contributed by atoms with E-state index in [2.05, 4.69) is 4.72 Å². The SMILES string of the molecule is CCC(C#N)S(=O)(=O)NC(C)CCS(C)=O. The molecule has 0 aliphatic heterocycles. The van der Waals surface area contributed by atoms with Gasteiger partial charge in [0.2, 0.25) is 10.0 Å². The molecule has 0 saturated heterocycles. The molecule has 94 valence electrons. The second kappa shape index (κ2) is 6.99. The molecule has 0 saturated carbocycles. The number of rotatable bonds is 7. The van der Waals surface area contributed by atoms with Crippen molar-refractivity contribution in [1.29, 1.82) is 5.26 Å². The second-order valence-electron chi connectivity index (χ2n) is 3.66. The van der Waals surface area contributed by atoms with E-state index in [9.17, 15) is 12.6 Å². The van der Waals surface area contributed by atoms with Crippen molar-refractivity contribution in [3.63, 3.8) is 0 Å². The molecule has 0 rings (SSSR count). The highest BCUT2D eigenvalue weighted by atomic mass is 32.2. The predicted octanol–water partition coefficient (Wildman–Crippen LogP) is 0.365. The predicted molar refractivity (Wildman–Crippen MR) is 64.8 cm³/mol. The number of nitrogens with zero attached hydrogens (tertiary/aromatic N) is 1. The van der Waals surface area contributed by atoms with Crippen LogP contribution in [-0.4, -0.2) is 35.9 Å². The van der Waals surface area contributed by atoms with Crippen LogP contribution in [0, 0.1) is 11.3 Å². The summed E-state index contributed by atoms with van der Waals surface area (Å²) in [5, 5.41) is 7.66. The average molecular weight is 266 g/mol. The zero-order chi connectivity index (χ0) is 12.8. The summed E-state index contributed by atoms with van der Waals surface area (Å²) in [4.78, 5) is 0. The summed E-state index contributed by atoms with van der Waals surface area (Å²) in [6.45, 7) is 3.35. The van der Waals surface area contributed by atoms with Gasteiger partial charge in [-0.25, -0.2) is 13.1 Å². The van der Waals surface area contributed by atoms with Gasteiger partial charge in [-0.2, -0.15) is 5.26 Å². The Balaban J connectivity index is 4.37. The van der Waals surface area contributed by atoms with Gasteiger partial charge in [-0.3, -0.25) is 4.21 Å². The molecule has 3 unspecified atom stereocenters. The smallest absolute Gasteiger partial charge is 0.228 e. The van der Waals surface area contributed by atoms with Gasteiger partial charge in [0.1, 0.15) is 0 Å².